The second-order valence-electron chi connectivity index (χ2n) is 5.55. The molecule has 2 heterocycles. The Morgan fingerprint density at radius 1 is 1.07 bits per heavy atom. The van der Waals surface area contributed by atoms with Crippen molar-refractivity contribution in [1.82, 2.24) is 14.8 Å². The van der Waals surface area contributed by atoms with Gasteiger partial charge in [-0.3, -0.25) is 14.4 Å². The Kier molecular flexibility index (Phi) is 7.77. The molecule has 0 amide bonds. The van der Waals surface area contributed by atoms with Crippen LogP contribution in [0.4, 0.5) is 0 Å². The second kappa shape index (κ2) is 9.43. The van der Waals surface area contributed by atoms with Crippen molar-refractivity contribution in [3.8, 4) is 0 Å². The molecule has 0 aromatic carbocycles. The van der Waals surface area contributed by atoms with Crippen molar-refractivity contribution in [2.24, 2.45) is 0 Å². The molecule has 0 unspecified atom stereocenters. The normalized spacial score (nSPS) is 27.7. The number of hydrogen-bond acceptors (Lipinski definition) is 9. The summed E-state index contributed by atoms with van der Waals surface area (Å²) in [6, 6.07) is 0. The van der Waals surface area contributed by atoms with Gasteiger partial charge in [-0.1, -0.05) is 15.9 Å². The minimum atomic E-state index is -1.00. The number of carbonyl (C=O) groups excluding carboxylic acids is 3. The molecule has 13 heteroatoms. The maximum Gasteiger partial charge on any atom is 0.303 e. The highest BCUT2D eigenvalue weighted by atomic mass is 79.9. The van der Waals surface area contributed by atoms with E-state index < -0.39 is 47.3 Å². The molecule has 0 aliphatic carbocycles. The van der Waals surface area contributed by atoms with Gasteiger partial charge in [0.05, 0.1) is 0 Å². The predicted molar refractivity (Wildman–Crippen MR) is 99.8 cm³/mol. The first kappa shape index (κ1) is 22.2. The molecule has 1 saturated heterocycles. The van der Waals surface area contributed by atoms with Crippen molar-refractivity contribution < 1.29 is 33.3 Å². The first-order valence-corrected chi connectivity index (χ1v) is 10.1. The summed E-state index contributed by atoms with van der Waals surface area (Å²) in [6.45, 7) is 3.48. The molecule has 10 nitrogen and oxygen atoms in total. The summed E-state index contributed by atoms with van der Waals surface area (Å²) in [5.41, 5.74) is 0. The van der Waals surface area contributed by atoms with Crippen molar-refractivity contribution in [2.75, 3.05) is 6.61 Å². The molecule has 0 bridgehead atoms. The van der Waals surface area contributed by atoms with E-state index in [9.17, 15) is 14.4 Å². The van der Waals surface area contributed by atoms with Gasteiger partial charge in [0, 0.05) is 20.8 Å². The lowest BCUT2D eigenvalue weighted by molar-refractivity contribution is -0.225. The molecule has 5 atom stereocenters. The number of carbonyl (C=O) groups is 3. The van der Waals surface area contributed by atoms with Gasteiger partial charge >= 0.3 is 17.9 Å². The number of halogens is 3. The van der Waals surface area contributed by atoms with Gasteiger partial charge in [-0.05, 0) is 31.9 Å². The average molecular weight is 578 g/mol. The fourth-order valence-electron chi connectivity index (χ4n) is 2.51. The topological polar surface area (TPSA) is 119 Å². The maximum absolute atomic E-state index is 11.6. The number of ether oxygens (including phenoxy) is 4. The Hall–Kier alpha value is -1.05. The number of nitrogens with zero attached hydrogens (tertiary/aromatic N) is 3. The second-order valence-corrected chi connectivity index (χ2v) is 8.03. The molecule has 1 aromatic heterocycles. The summed E-state index contributed by atoms with van der Waals surface area (Å²) >= 11 is 9.88. The van der Waals surface area contributed by atoms with E-state index in [1.54, 1.807) is 0 Å². The smallest absolute Gasteiger partial charge is 0.303 e. The summed E-state index contributed by atoms with van der Waals surface area (Å²) in [5.74, 6) is -1.71. The first-order chi connectivity index (χ1) is 12.6. The molecule has 1 fully saturated rings. The highest BCUT2D eigenvalue weighted by molar-refractivity contribution is 9.11. The van der Waals surface area contributed by atoms with E-state index in [1.165, 1.54) is 25.5 Å². The largest absolute Gasteiger partial charge is 0.463 e. The van der Waals surface area contributed by atoms with Crippen molar-refractivity contribution in [3.05, 3.63) is 9.47 Å². The molecular formula is C14H16Br3N3O7. The number of rotatable bonds is 5. The SMILES string of the molecule is CC(=O)OC[C@H]1O[C@H](n2nc(Br)nc2Br)[C@H](Br)[C@@H](OC(C)=O)[C@@H]1OC(C)=O. The van der Waals surface area contributed by atoms with Crippen molar-refractivity contribution in [1.29, 1.82) is 0 Å². The molecule has 0 spiro atoms. The third-order valence-electron chi connectivity index (χ3n) is 3.45. The van der Waals surface area contributed by atoms with Gasteiger partial charge in [-0.15, -0.1) is 5.10 Å². The molecule has 27 heavy (non-hydrogen) atoms. The number of esters is 3. The van der Waals surface area contributed by atoms with Gasteiger partial charge in [0.2, 0.25) is 4.73 Å². The maximum atomic E-state index is 11.6. The Bertz CT molecular complexity index is 729. The highest BCUT2D eigenvalue weighted by Gasteiger charge is 2.50. The molecule has 1 aromatic rings. The van der Waals surface area contributed by atoms with Crippen LogP contribution in [0.15, 0.2) is 9.47 Å². The Labute approximate surface area is 179 Å². The van der Waals surface area contributed by atoms with Gasteiger partial charge in [-0.25, -0.2) is 4.68 Å². The van der Waals surface area contributed by atoms with E-state index in [-0.39, 0.29) is 6.61 Å². The van der Waals surface area contributed by atoms with Crippen molar-refractivity contribution >= 4 is 65.7 Å². The third kappa shape index (κ3) is 5.72. The Balaban J connectivity index is 2.40. The van der Waals surface area contributed by atoms with E-state index in [1.807, 2.05) is 0 Å². The summed E-state index contributed by atoms with van der Waals surface area (Å²) in [4.78, 5) is 37.8. The van der Waals surface area contributed by atoms with E-state index in [0.717, 1.165) is 0 Å². The molecular weight excluding hydrogens is 562 g/mol. The van der Waals surface area contributed by atoms with Crippen LogP contribution in [-0.4, -0.2) is 62.4 Å². The molecule has 2 rings (SSSR count). The van der Waals surface area contributed by atoms with E-state index >= 15 is 0 Å². The van der Waals surface area contributed by atoms with E-state index in [2.05, 4.69) is 57.9 Å². The first-order valence-electron chi connectivity index (χ1n) is 7.65. The standard InChI is InChI=1S/C14H16Br3N3O7/c1-5(21)24-4-8-10(25-6(2)22)11(26-7(3)23)9(15)12(27-8)20-14(17)18-13(16)19-20/h8-12H,4H2,1-3H3/t8-,9-,10-,11-,12+/m1/s1. The van der Waals surface area contributed by atoms with Crippen LogP contribution in [-0.2, 0) is 33.3 Å². The van der Waals surface area contributed by atoms with Crippen LogP contribution >= 0.6 is 47.8 Å². The quantitative estimate of drug-likeness (QED) is 0.294. The zero-order chi connectivity index (χ0) is 20.3. The zero-order valence-electron chi connectivity index (χ0n) is 14.4. The van der Waals surface area contributed by atoms with Crippen LogP contribution < -0.4 is 0 Å². The number of alkyl halides is 1. The van der Waals surface area contributed by atoms with Crippen LogP contribution in [0.2, 0.25) is 0 Å². The molecule has 150 valence electrons. The Morgan fingerprint density at radius 2 is 1.67 bits per heavy atom. The van der Waals surface area contributed by atoms with Gasteiger partial charge in [0.1, 0.15) is 17.5 Å². The summed E-state index contributed by atoms with van der Waals surface area (Å²) in [7, 11) is 0. The summed E-state index contributed by atoms with van der Waals surface area (Å²) in [6.07, 6.45) is -3.65. The minimum absolute atomic E-state index is 0.214. The fourth-order valence-corrected chi connectivity index (χ4v) is 4.30. The lowest BCUT2D eigenvalue weighted by atomic mass is 10.00. The number of hydrogen-bond donors (Lipinski definition) is 0. The van der Waals surface area contributed by atoms with E-state index in [4.69, 9.17) is 18.9 Å². The van der Waals surface area contributed by atoms with Gasteiger partial charge < -0.3 is 18.9 Å². The number of aromatic nitrogens is 3. The van der Waals surface area contributed by atoms with Gasteiger partial charge in [-0.2, -0.15) is 4.98 Å². The molecule has 0 saturated carbocycles. The zero-order valence-corrected chi connectivity index (χ0v) is 19.2. The van der Waals surface area contributed by atoms with Crippen molar-refractivity contribution in [2.45, 2.75) is 50.1 Å². The van der Waals surface area contributed by atoms with Gasteiger partial charge in [0.15, 0.2) is 23.2 Å². The predicted octanol–water partition coefficient (Wildman–Crippen LogP) is 1.89. The Morgan fingerprint density at radius 3 is 2.15 bits per heavy atom. The van der Waals surface area contributed by atoms with Gasteiger partial charge in [0.25, 0.3) is 0 Å². The molecule has 0 N–H and O–H groups in total. The molecule has 1 aliphatic rings. The van der Waals surface area contributed by atoms with Crippen LogP contribution in [0.5, 0.6) is 0 Å². The third-order valence-corrected chi connectivity index (χ3v) is 5.30. The lowest BCUT2D eigenvalue weighted by Crippen LogP contribution is -2.58. The van der Waals surface area contributed by atoms with Crippen LogP contribution in [0.3, 0.4) is 0 Å². The van der Waals surface area contributed by atoms with E-state index in [0.29, 0.717) is 9.47 Å². The van der Waals surface area contributed by atoms with Crippen LogP contribution in [0.25, 0.3) is 0 Å². The minimum Gasteiger partial charge on any atom is -0.463 e. The molecule has 0 radical (unpaired) electrons. The summed E-state index contributed by atoms with van der Waals surface area (Å²) in [5, 5.41) is 4.18. The van der Waals surface area contributed by atoms with Crippen LogP contribution in [0.1, 0.15) is 27.0 Å². The lowest BCUT2D eigenvalue weighted by Gasteiger charge is -2.43. The van der Waals surface area contributed by atoms with Crippen molar-refractivity contribution in [3.63, 3.8) is 0 Å². The monoisotopic (exact) mass is 575 g/mol. The fraction of sp³-hybridized carbons (Fsp3) is 0.643. The average Bonchev–Trinajstić information content (AvgIpc) is 2.87. The highest BCUT2D eigenvalue weighted by Crippen LogP contribution is 2.37. The summed E-state index contributed by atoms with van der Waals surface area (Å²) < 4.78 is 23.8. The molecule has 1 aliphatic heterocycles. The van der Waals surface area contributed by atoms with Crippen LogP contribution in [0, 0.1) is 0 Å².